The molecule has 0 bridgehead atoms. The molecule has 0 radical (unpaired) electrons. The fourth-order valence-corrected chi connectivity index (χ4v) is 4.73. The average Bonchev–Trinajstić information content (AvgIpc) is 3.18. The number of nitrogens with zero attached hydrogens (tertiary/aromatic N) is 3. The molecular formula is C22H26FN3O2S. The Balaban J connectivity index is 1.23. The van der Waals surface area contributed by atoms with Gasteiger partial charge in [-0.3, -0.25) is 0 Å². The lowest BCUT2D eigenvalue weighted by Crippen LogP contribution is -2.46. The Kier molecular flexibility index (Phi) is 6.28. The summed E-state index contributed by atoms with van der Waals surface area (Å²) < 4.78 is 19.7. The van der Waals surface area contributed by atoms with Crippen LogP contribution in [-0.2, 0) is 0 Å². The van der Waals surface area contributed by atoms with Crippen molar-refractivity contribution < 1.29 is 14.2 Å². The number of piperidine rings is 1. The van der Waals surface area contributed by atoms with E-state index in [-0.39, 0.29) is 12.4 Å². The van der Waals surface area contributed by atoms with Gasteiger partial charge >= 0.3 is 0 Å². The predicted molar refractivity (Wildman–Crippen MR) is 115 cm³/mol. The minimum absolute atomic E-state index is 0.206. The van der Waals surface area contributed by atoms with Crippen molar-refractivity contribution >= 4 is 26.7 Å². The minimum atomic E-state index is -0.571. The Morgan fingerprint density at radius 3 is 2.66 bits per heavy atom. The van der Waals surface area contributed by atoms with E-state index in [2.05, 4.69) is 29.0 Å². The van der Waals surface area contributed by atoms with Crippen molar-refractivity contribution in [3.63, 3.8) is 0 Å². The summed E-state index contributed by atoms with van der Waals surface area (Å²) in [7, 11) is 2.13. The van der Waals surface area contributed by atoms with Crippen LogP contribution in [-0.4, -0.2) is 60.4 Å². The van der Waals surface area contributed by atoms with Gasteiger partial charge in [0.05, 0.1) is 10.2 Å². The quantitative estimate of drug-likeness (QED) is 0.637. The van der Waals surface area contributed by atoms with Gasteiger partial charge in [0, 0.05) is 32.7 Å². The minimum Gasteiger partial charge on any atom is -0.491 e. The molecule has 5 nitrogen and oxygen atoms in total. The van der Waals surface area contributed by atoms with E-state index in [4.69, 9.17) is 9.72 Å². The molecule has 7 heteroatoms. The van der Waals surface area contributed by atoms with Crippen molar-refractivity contribution in [2.45, 2.75) is 25.0 Å². The monoisotopic (exact) mass is 415 g/mol. The van der Waals surface area contributed by atoms with E-state index in [1.54, 1.807) is 23.5 Å². The number of rotatable bonds is 7. The summed E-state index contributed by atoms with van der Waals surface area (Å²) in [5.74, 6) is 0.276. The van der Waals surface area contributed by atoms with E-state index in [0.29, 0.717) is 18.3 Å². The molecule has 154 valence electrons. The number of aliphatic hydroxyl groups excluding tert-OH is 1. The van der Waals surface area contributed by atoms with Crippen molar-refractivity contribution in [1.29, 1.82) is 0 Å². The first-order chi connectivity index (χ1) is 14.1. The molecule has 0 unspecified atom stereocenters. The predicted octanol–water partition coefficient (Wildman–Crippen LogP) is 3.78. The summed E-state index contributed by atoms with van der Waals surface area (Å²) in [4.78, 5) is 9.35. The lowest BCUT2D eigenvalue weighted by atomic mass is 10.0. The SMILES string of the molecule is CN(c1nc2ccccc2s1)C1CCN(C[C@H](O)COc2ccc(F)cc2)CC1. The van der Waals surface area contributed by atoms with E-state index < -0.39 is 6.10 Å². The second-order valence-corrected chi connectivity index (χ2v) is 8.53. The smallest absolute Gasteiger partial charge is 0.186 e. The van der Waals surface area contributed by atoms with Gasteiger partial charge in [0.2, 0.25) is 0 Å². The van der Waals surface area contributed by atoms with Gasteiger partial charge in [-0.25, -0.2) is 9.37 Å². The number of halogens is 1. The van der Waals surface area contributed by atoms with Crippen LogP contribution in [0.25, 0.3) is 10.2 Å². The number of ether oxygens (including phenoxy) is 1. The number of hydrogen-bond donors (Lipinski definition) is 1. The van der Waals surface area contributed by atoms with Crippen LogP contribution in [0.1, 0.15) is 12.8 Å². The summed E-state index contributed by atoms with van der Waals surface area (Å²) in [6, 6.07) is 14.6. The van der Waals surface area contributed by atoms with E-state index in [1.165, 1.54) is 16.8 Å². The second kappa shape index (κ2) is 9.07. The molecule has 1 fully saturated rings. The highest BCUT2D eigenvalue weighted by Crippen LogP contribution is 2.30. The fourth-order valence-electron chi connectivity index (χ4n) is 3.73. The fraction of sp³-hybridized carbons (Fsp3) is 0.409. The first-order valence-corrected chi connectivity index (χ1v) is 10.8. The molecule has 1 atom stereocenters. The van der Waals surface area contributed by atoms with Gasteiger partial charge in [0.15, 0.2) is 5.13 Å². The number of anilines is 1. The highest BCUT2D eigenvalue weighted by atomic mass is 32.1. The van der Waals surface area contributed by atoms with Crippen LogP contribution in [0.3, 0.4) is 0 Å². The van der Waals surface area contributed by atoms with Crippen molar-refractivity contribution in [1.82, 2.24) is 9.88 Å². The molecule has 1 aliphatic heterocycles. The highest BCUT2D eigenvalue weighted by molar-refractivity contribution is 7.22. The van der Waals surface area contributed by atoms with Crippen molar-refractivity contribution in [2.75, 3.05) is 38.2 Å². The van der Waals surface area contributed by atoms with Crippen molar-refractivity contribution in [3.8, 4) is 5.75 Å². The number of likely N-dealkylation sites (tertiary alicyclic amines) is 1. The Labute approximate surface area is 174 Å². The lowest BCUT2D eigenvalue weighted by molar-refractivity contribution is 0.0595. The van der Waals surface area contributed by atoms with Crippen LogP contribution in [0, 0.1) is 5.82 Å². The maximum absolute atomic E-state index is 12.9. The first-order valence-electron chi connectivity index (χ1n) is 9.95. The number of benzene rings is 2. The third-order valence-electron chi connectivity index (χ3n) is 5.41. The lowest BCUT2D eigenvalue weighted by Gasteiger charge is -2.37. The Hall–Kier alpha value is -2.22. The average molecular weight is 416 g/mol. The molecule has 0 spiro atoms. The van der Waals surface area contributed by atoms with Gasteiger partial charge < -0.3 is 19.6 Å². The summed E-state index contributed by atoms with van der Waals surface area (Å²) in [5.41, 5.74) is 1.06. The summed E-state index contributed by atoms with van der Waals surface area (Å²) >= 11 is 1.74. The summed E-state index contributed by atoms with van der Waals surface area (Å²) in [6.45, 7) is 2.66. The molecule has 2 aromatic carbocycles. The molecule has 1 aliphatic rings. The van der Waals surface area contributed by atoms with Gasteiger partial charge in [-0.15, -0.1) is 0 Å². The zero-order chi connectivity index (χ0) is 20.2. The van der Waals surface area contributed by atoms with Gasteiger partial charge in [-0.2, -0.15) is 0 Å². The van der Waals surface area contributed by atoms with E-state index in [0.717, 1.165) is 36.6 Å². The molecule has 1 saturated heterocycles. The van der Waals surface area contributed by atoms with Crippen LogP contribution in [0.5, 0.6) is 5.75 Å². The number of aliphatic hydroxyl groups is 1. The summed E-state index contributed by atoms with van der Waals surface area (Å²) in [5, 5.41) is 11.4. The number of para-hydroxylation sites is 1. The van der Waals surface area contributed by atoms with Crippen LogP contribution in [0.2, 0.25) is 0 Å². The maximum Gasteiger partial charge on any atom is 0.186 e. The molecule has 3 aromatic rings. The number of fused-ring (bicyclic) bond motifs is 1. The van der Waals surface area contributed by atoms with Gasteiger partial charge in [-0.1, -0.05) is 23.5 Å². The number of aromatic nitrogens is 1. The Bertz CT molecular complexity index is 892. The van der Waals surface area contributed by atoms with Crippen molar-refractivity contribution in [3.05, 3.63) is 54.3 Å². The normalized spacial score (nSPS) is 16.8. The Morgan fingerprint density at radius 2 is 1.93 bits per heavy atom. The van der Waals surface area contributed by atoms with Crippen LogP contribution >= 0.6 is 11.3 Å². The van der Waals surface area contributed by atoms with Crippen LogP contribution < -0.4 is 9.64 Å². The van der Waals surface area contributed by atoms with Crippen molar-refractivity contribution in [2.24, 2.45) is 0 Å². The molecule has 2 heterocycles. The van der Waals surface area contributed by atoms with Gasteiger partial charge in [-0.05, 0) is 49.2 Å². The molecule has 4 rings (SSSR count). The molecule has 1 N–H and O–H groups in total. The van der Waals surface area contributed by atoms with E-state index in [1.807, 2.05) is 12.1 Å². The number of hydrogen-bond acceptors (Lipinski definition) is 6. The largest absolute Gasteiger partial charge is 0.491 e. The summed E-state index contributed by atoms with van der Waals surface area (Å²) in [6.07, 6.45) is 1.51. The van der Waals surface area contributed by atoms with Crippen LogP contribution in [0.15, 0.2) is 48.5 Å². The molecule has 0 amide bonds. The topological polar surface area (TPSA) is 48.8 Å². The van der Waals surface area contributed by atoms with E-state index >= 15 is 0 Å². The molecule has 29 heavy (non-hydrogen) atoms. The standard InChI is InChI=1S/C22H26FN3O2S/c1-25(22-24-20-4-2-3-5-21(20)29-22)17-10-12-26(13-11-17)14-18(27)15-28-19-8-6-16(23)7-9-19/h2-9,17-18,27H,10-15H2,1H3/t18-/m0/s1. The molecule has 0 saturated carbocycles. The zero-order valence-corrected chi connectivity index (χ0v) is 17.3. The number of thiazole rings is 1. The third-order valence-corrected chi connectivity index (χ3v) is 6.54. The van der Waals surface area contributed by atoms with Crippen LogP contribution in [0.4, 0.5) is 9.52 Å². The first kappa shape index (κ1) is 20.1. The number of β-amino-alcohol motifs (C(OH)–C–C–N with tert-alkyl or cyclic N) is 1. The molecule has 0 aliphatic carbocycles. The highest BCUT2D eigenvalue weighted by Gasteiger charge is 2.25. The Morgan fingerprint density at radius 1 is 1.21 bits per heavy atom. The molecule has 1 aromatic heterocycles. The third kappa shape index (κ3) is 5.04. The second-order valence-electron chi connectivity index (χ2n) is 7.53. The maximum atomic E-state index is 12.9. The van der Waals surface area contributed by atoms with E-state index in [9.17, 15) is 9.50 Å². The zero-order valence-electron chi connectivity index (χ0n) is 16.5. The molecular weight excluding hydrogens is 389 g/mol. The van der Waals surface area contributed by atoms with Gasteiger partial charge in [0.1, 0.15) is 24.3 Å². The van der Waals surface area contributed by atoms with Gasteiger partial charge in [0.25, 0.3) is 0 Å².